The van der Waals surface area contributed by atoms with Gasteiger partial charge in [0.1, 0.15) is 0 Å². The van der Waals surface area contributed by atoms with Crippen LogP contribution in [0, 0.1) is 5.92 Å². The number of piperidine rings is 1. The molecule has 0 aromatic rings. The molecule has 2 heterocycles. The molecule has 4 nitrogen and oxygen atoms in total. The fourth-order valence-electron chi connectivity index (χ4n) is 4.22. The zero-order chi connectivity index (χ0) is 15.3. The van der Waals surface area contributed by atoms with Gasteiger partial charge in [-0.05, 0) is 51.0 Å². The highest BCUT2D eigenvalue weighted by Crippen LogP contribution is 2.34. The van der Waals surface area contributed by atoms with Crippen LogP contribution in [0.5, 0.6) is 0 Å². The Balaban J connectivity index is 2.02. The van der Waals surface area contributed by atoms with Crippen LogP contribution in [0.1, 0.15) is 64.7 Å². The van der Waals surface area contributed by atoms with Crippen molar-refractivity contribution in [2.75, 3.05) is 25.9 Å². The summed E-state index contributed by atoms with van der Waals surface area (Å²) in [4.78, 5) is 0. The fourth-order valence-corrected chi connectivity index (χ4v) is 5.16. The Bertz CT molecular complexity index is 414. The number of nitrogens with one attached hydrogen (secondary N) is 1. The van der Waals surface area contributed by atoms with E-state index in [2.05, 4.69) is 12.2 Å². The summed E-state index contributed by atoms with van der Waals surface area (Å²) in [5.74, 6) is 0.519. The minimum absolute atomic E-state index is 0.260. The molecule has 2 rings (SSSR count). The first-order chi connectivity index (χ1) is 9.95. The van der Waals surface area contributed by atoms with Gasteiger partial charge in [-0.15, -0.1) is 0 Å². The minimum atomic E-state index is -3.03. The van der Waals surface area contributed by atoms with Gasteiger partial charge in [0.15, 0.2) is 0 Å². The highest BCUT2D eigenvalue weighted by molar-refractivity contribution is 7.88. The van der Waals surface area contributed by atoms with Gasteiger partial charge in [0.2, 0.25) is 10.0 Å². The maximum Gasteiger partial charge on any atom is 0.211 e. The van der Waals surface area contributed by atoms with Gasteiger partial charge < -0.3 is 5.32 Å². The van der Waals surface area contributed by atoms with Crippen LogP contribution < -0.4 is 5.32 Å². The first-order valence-electron chi connectivity index (χ1n) is 8.65. The predicted octanol–water partition coefficient (Wildman–Crippen LogP) is 2.75. The monoisotopic (exact) mass is 316 g/mol. The number of nitrogens with zero attached hydrogens (tertiary/aromatic N) is 1. The maximum atomic E-state index is 11.8. The van der Waals surface area contributed by atoms with Crippen molar-refractivity contribution in [3.8, 4) is 0 Å². The molecule has 0 aromatic heterocycles. The van der Waals surface area contributed by atoms with E-state index in [9.17, 15) is 8.42 Å². The van der Waals surface area contributed by atoms with Gasteiger partial charge in [0, 0.05) is 18.6 Å². The lowest BCUT2D eigenvalue weighted by Gasteiger charge is -2.40. The van der Waals surface area contributed by atoms with Crippen LogP contribution in [0.15, 0.2) is 0 Å². The van der Waals surface area contributed by atoms with Crippen molar-refractivity contribution in [2.45, 2.75) is 70.3 Å². The fraction of sp³-hybridized carbons (Fsp3) is 1.00. The van der Waals surface area contributed by atoms with Gasteiger partial charge >= 0.3 is 0 Å². The second-order valence-corrected chi connectivity index (χ2v) is 9.08. The summed E-state index contributed by atoms with van der Waals surface area (Å²) in [7, 11) is -3.03. The summed E-state index contributed by atoms with van der Waals surface area (Å²) in [6, 6.07) is 0. The Kier molecular flexibility index (Phi) is 6.09. The average molecular weight is 317 g/mol. The molecule has 0 amide bonds. The van der Waals surface area contributed by atoms with Crippen LogP contribution in [0.2, 0.25) is 0 Å². The summed E-state index contributed by atoms with van der Waals surface area (Å²) in [5, 5.41) is 3.83. The molecule has 2 unspecified atom stereocenters. The van der Waals surface area contributed by atoms with E-state index in [0.29, 0.717) is 12.5 Å². The van der Waals surface area contributed by atoms with Crippen LogP contribution in [0.4, 0.5) is 0 Å². The van der Waals surface area contributed by atoms with Crippen molar-refractivity contribution >= 4 is 10.0 Å². The number of hydrogen-bond donors (Lipinski definition) is 1. The molecule has 0 aromatic carbocycles. The molecule has 2 aliphatic heterocycles. The van der Waals surface area contributed by atoms with Crippen molar-refractivity contribution in [3.63, 3.8) is 0 Å². The van der Waals surface area contributed by atoms with Gasteiger partial charge in [-0.1, -0.05) is 26.2 Å². The van der Waals surface area contributed by atoms with Crippen LogP contribution in [-0.4, -0.2) is 44.2 Å². The highest BCUT2D eigenvalue weighted by atomic mass is 32.2. The molecule has 2 fully saturated rings. The van der Waals surface area contributed by atoms with Gasteiger partial charge in [-0.3, -0.25) is 0 Å². The zero-order valence-electron chi connectivity index (χ0n) is 13.7. The summed E-state index contributed by atoms with van der Waals surface area (Å²) in [6.45, 7) is 4.83. The van der Waals surface area contributed by atoms with E-state index in [1.807, 2.05) is 0 Å². The molecule has 21 heavy (non-hydrogen) atoms. The first-order valence-corrected chi connectivity index (χ1v) is 10.5. The van der Waals surface area contributed by atoms with Crippen LogP contribution in [-0.2, 0) is 10.0 Å². The van der Waals surface area contributed by atoms with Crippen LogP contribution >= 0.6 is 0 Å². The molecular weight excluding hydrogens is 284 g/mol. The van der Waals surface area contributed by atoms with Crippen molar-refractivity contribution in [1.82, 2.24) is 9.62 Å². The minimum Gasteiger partial charge on any atom is -0.311 e. The van der Waals surface area contributed by atoms with Crippen molar-refractivity contribution < 1.29 is 8.42 Å². The third-order valence-electron chi connectivity index (χ3n) is 5.19. The Morgan fingerprint density at radius 3 is 2.76 bits per heavy atom. The lowest BCUT2D eigenvalue weighted by Crippen LogP contribution is -2.49. The van der Waals surface area contributed by atoms with Crippen molar-refractivity contribution in [2.24, 2.45) is 5.92 Å². The molecular formula is C16H32N2O2S. The Labute approximate surface area is 130 Å². The normalized spacial score (nSPS) is 32.8. The summed E-state index contributed by atoms with van der Waals surface area (Å²) in [6.07, 6.45) is 12.3. The zero-order valence-corrected chi connectivity index (χ0v) is 14.6. The molecule has 2 aliphatic rings. The van der Waals surface area contributed by atoms with Gasteiger partial charge in [0.05, 0.1) is 6.26 Å². The van der Waals surface area contributed by atoms with E-state index in [1.165, 1.54) is 51.2 Å². The molecule has 2 saturated heterocycles. The highest BCUT2D eigenvalue weighted by Gasteiger charge is 2.35. The maximum absolute atomic E-state index is 11.8. The second-order valence-electron chi connectivity index (χ2n) is 7.10. The largest absolute Gasteiger partial charge is 0.311 e. The lowest BCUT2D eigenvalue weighted by atomic mass is 9.78. The molecule has 0 aliphatic carbocycles. The lowest BCUT2D eigenvalue weighted by molar-refractivity contribution is 0.175. The first kappa shape index (κ1) is 17.2. The van der Waals surface area contributed by atoms with Crippen LogP contribution in [0.3, 0.4) is 0 Å². The number of rotatable bonds is 5. The molecule has 0 spiro atoms. The summed E-state index contributed by atoms with van der Waals surface area (Å²) < 4.78 is 25.3. The standard InChI is InChI=1S/C16H32N2O2S/c1-3-9-16(10-5-4-6-11-17-16)13-15-8-7-12-18(14-15)21(2,19)20/h15,17H,3-14H2,1-2H3. The molecule has 1 N–H and O–H groups in total. The van der Waals surface area contributed by atoms with Gasteiger partial charge in [-0.2, -0.15) is 0 Å². The third-order valence-corrected chi connectivity index (χ3v) is 6.46. The number of sulfonamides is 1. The summed E-state index contributed by atoms with van der Waals surface area (Å²) >= 11 is 0. The van der Waals surface area contributed by atoms with E-state index in [0.717, 1.165) is 25.9 Å². The van der Waals surface area contributed by atoms with E-state index in [1.54, 1.807) is 4.31 Å². The Morgan fingerprint density at radius 1 is 1.24 bits per heavy atom. The third kappa shape index (κ3) is 4.93. The van der Waals surface area contributed by atoms with Crippen LogP contribution in [0.25, 0.3) is 0 Å². The quantitative estimate of drug-likeness (QED) is 0.848. The molecule has 2 atom stereocenters. The summed E-state index contributed by atoms with van der Waals surface area (Å²) in [5.41, 5.74) is 0.260. The van der Waals surface area contributed by atoms with E-state index >= 15 is 0 Å². The van der Waals surface area contributed by atoms with E-state index < -0.39 is 10.0 Å². The van der Waals surface area contributed by atoms with E-state index in [4.69, 9.17) is 0 Å². The Morgan fingerprint density at radius 2 is 2.05 bits per heavy atom. The number of hydrogen-bond acceptors (Lipinski definition) is 3. The van der Waals surface area contributed by atoms with Crippen molar-refractivity contribution in [1.29, 1.82) is 0 Å². The molecule has 124 valence electrons. The van der Waals surface area contributed by atoms with Gasteiger partial charge in [0.25, 0.3) is 0 Å². The predicted molar refractivity (Wildman–Crippen MR) is 87.9 cm³/mol. The molecule has 5 heteroatoms. The van der Waals surface area contributed by atoms with Crippen molar-refractivity contribution in [3.05, 3.63) is 0 Å². The van der Waals surface area contributed by atoms with E-state index in [-0.39, 0.29) is 5.54 Å². The molecule has 0 radical (unpaired) electrons. The second kappa shape index (κ2) is 7.42. The molecule has 0 saturated carbocycles. The smallest absolute Gasteiger partial charge is 0.211 e. The topological polar surface area (TPSA) is 49.4 Å². The van der Waals surface area contributed by atoms with Gasteiger partial charge in [-0.25, -0.2) is 12.7 Å². The average Bonchev–Trinajstić information content (AvgIpc) is 2.64. The molecule has 0 bridgehead atoms. The SMILES string of the molecule is CCCC1(CC2CCCN(S(C)(=O)=O)C2)CCCCCN1. The Hall–Kier alpha value is -0.130.